The molecular formula is C15H17N. The second-order valence-corrected chi connectivity index (χ2v) is 4.42. The van der Waals surface area contributed by atoms with Gasteiger partial charge in [0, 0.05) is 11.5 Å². The molecule has 2 rings (SSSR count). The van der Waals surface area contributed by atoms with Crippen LogP contribution in [0, 0.1) is 24.7 Å². The Morgan fingerprint density at radius 2 is 2.19 bits per heavy atom. The van der Waals surface area contributed by atoms with E-state index in [1.165, 1.54) is 24.0 Å². The van der Waals surface area contributed by atoms with Crippen molar-refractivity contribution in [1.82, 2.24) is 0 Å². The summed E-state index contributed by atoms with van der Waals surface area (Å²) >= 11 is 0. The predicted octanol–water partition coefficient (Wildman–Crippen LogP) is 3.08. The summed E-state index contributed by atoms with van der Waals surface area (Å²) in [7, 11) is 0. The van der Waals surface area contributed by atoms with Crippen LogP contribution >= 0.6 is 0 Å². The molecule has 16 heavy (non-hydrogen) atoms. The SMILES string of the molecule is C/C(=C\N)c1ccc(C#CC2CC2)cc1C. The third kappa shape index (κ3) is 2.46. The van der Waals surface area contributed by atoms with Gasteiger partial charge in [-0.25, -0.2) is 0 Å². The second-order valence-electron chi connectivity index (χ2n) is 4.42. The molecule has 0 atom stereocenters. The highest BCUT2D eigenvalue weighted by molar-refractivity contribution is 5.67. The topological polar surface area (TPSA) is 26.0 Å². The molecule has 0 aliphatic heterocycles. The minimum atomic E-state index is 0.658. The molecule has 0 heterocycles. The molecule has 0 unspecified atom stereocenters. The van der Waals surface area contributed by atoms with Crippen molar-refractivity contribution in [2.45, 2.75) is 26.7 Å². The summed E-state index contributed by atoms with van der Waals surface area (Å²) in [6.07, 6.45) is 4.20. The van der Waals surface area contributed by atoms with Crippen LogP contribution in [0.4, 0.5) is 0 Å². The fourth-order valence-corrected chi connectivity index (χ4v) is 1.69. The highest BCUT2D eigenvalue weighted by Gasteiger charge is 2.17. The van der Waals surface area contributed by atoms with Crippen LogP contribution in [0.1, 0.15) is 36.5 Å². The van der Waals surface area contributed by atoms with Crippen LogP contribution in [-0.4, -0.2) is 0 Å². The zero-order valence-electron chi connectivity index (χ0n) is 9.88. The van der Waals surface area contributed by atoms with Gasteiger partial charge in [-0.3, -0.25) is 0 Å². The lowest BCUT2D eigenvalue weighted by Crippen LogP contribution is -1.90. The fraction of sp³-hybridized carbons (Fsp3) is 0.333. The third-order valence-electron chi connectivity index (χ3n) is 2.90. The maximum Gasteiger partial charge on any atom is 0.0248 e. The molecule has 0 amide bonds. The lowest BCUT2D eigenvalue weighted by atomic mass is 10.00. The normalized spacial score (nSPS) is 15.5. The number of rotatable bonds is 1. The summed E-state index contributed by atoms with van der Waals surface area (Å²) in [5, 5.41) is 0. The number of aryl methyl sites for hydroxylation is 1. The number of nitrogens with two attached hydrogens (primary N) is 1. The average Bonchev–Trinajstić information content (AvgIpc) is 3.09. The van der Waals surface area contributed by atoms with Crippen molar-refractivity contribution in [1.29, 1.82) is 0 Å². The van der Waals surface area contributed by atoms with E-state index in [1.807, 2.05) is 6.92 Å². The van der Waals surface area contributed by atoms with Gasteiger partial charge in [0.25, 0.3) is 0 Å². The molecule has 1 aliphatic carbocycles. The van der Waals surface area contributed by atoms with Crippen molar-refractivity contribution in [3.8, 4) is 11.8 Å². The van der Waals surface area contributed by atoms with Gasteiger partial charge in [-0.1, -0.05) is 17.9 Å². The van der Waals surface area contributed by atoms with Crippen molar-refractivity contribution in [2.24, 2.45) is 11.7 Å². The van der Waals surface area contributed by atoms with Gasteiger partial charge < -0.3 is 5.73 Å². The van der Waals surface area contributed by atoms with Gasteiger partial charge in [0.05, 0.1) is 0 Å². The minimum Gasteiger partial charge on any atom is -0.404 e. The number of allylic oxidation sites excluding steroid dienone is 1. The Balaban J connectivity index is 2.26. The van der Waals surface area contributed by atoms with Crippen molar-refractivity contribution >= 4 is 5.57 Å². The molecule has 0 radical (unpaired) electrons. The van der Waals surface area contributed by atoms with E-state index in [9.17, 15) is 0 Å². The minimum absolute atomic E-state index is 0.658. The van der Waals surface area contributed by atoms with Crippen LogP contribution in [-0.2, 0) is 0 Å². The maximum absolute atomic E-state index is 5.53. The summed E-state index contributed by atoms with van der Waals surface area (Å²) in [5.41, 5.74) is 10.2. The summed E-state index contributed by atoms with van der Waals surface area (Å²) in [5.74, 6) is 7.16. The first kappa shape index (κ1) is 10.8. The number of hydrogen-bond donors (Lipinski definition) is 1. The molecule has 0 aromatic heterocycles. The molecule has 1 fully saturated rings. The highest BCUT2D eigenvalue weighted by atomic mass is 14.5. The molecular weight excluding hydrogens is 194 g/mol. The van der Waals surface area contributed by atoms with Crippen LogP contribution in [0.2, 0.25) is 0 Å². The van der Waals surface area contributed by atoms with E-state index >= 15 is 0 Å². The van der Waals surface area contributed by atoms with E-state index in [0.29, 0.717) is 5.92 Å². The van der Waals surface area contributed by atoms with Crippen molar-refractivity contribution in [3.05, 3.63) is 41.1 Å². The first-order chi connectivity index (χ1) is 7.70. The van der Waals surface area contributed by atoms with Crippen LogP contribution in [0.5, 0.6) is 0 Å². The predicted molar refractivity (Wildman–Crippen MR) is 68.6 cm³/mol. The van der Waals surface area contributed by atoms with Crippen LogP contribution < -0.4 is 5.73 Å². The zero-order valence-corrected chi connectivity index (χ0v) is 9.88. The van der Waals surface area contributed by atoms with Crippen LogP contribution in [0.3, 0.4) is 0 Å². The molecule has 0 bridgehead atoms. The Morgan fingerprint density at radius 3 is 2.75 bits per heavy atom. The fourth-order valence-electron chi connectivity index (χ4n) is 1.69. The monoisotopic (exact) mass is 211 g/mol. The van der Waals surface area contributed by atoms with E-state index in [2.05, 4.69) is 37.0 Å². The lowest BCUT2D eigenvalue weighted by Gasteiger charge is -2.05. The standard InChI is InChI=1S/C15H17N/c1-11-9-14(6-5-13-3-4-13)7-8-15(11)12(2)10-16/h7-10,13H,3-4,16H2,1-2H3/b12-10+. The van der Waals surface area contributed by atoms with Crippen molar-refractivity contribution < 1.29 is 0 Å². The Kier molecular flexibility index (Phi) is 3.01. The quantitative estimate of drug-likeness (QED) is 0.710. The lowest BCUT2D eigenvalue weighted by molar-refractivity contribution is 1.18. The molecule has 1 heteroatoms. The molecule has 2 N–H and O–H groups in total. The molecule has 1 aliphatic rings. The van der Waals surface area contributed by atoms with Gasteiger partial charge in [-0.2, -0.15) is 0 Å². The first-order valence-electron chi connectivity index (χ1n) is 5.72. The van der Waals surface area contributed by atoms with Gasteiger partial charge in [-0.05, 0) is 61.7 Å². The average molecular weight is 211 g/mol. The Labute approximate surface area is 97.4 Å². The zero-order chi connectivity index (χ0) is 11.5. The van der Waals surface area contributed by atoms with E-state index in [4.69, 9.17) is 5.73 Å². The number of benzene rings is 1. The largest absolute Gasteiger partial charge is 0.404 e. The molecule has 1 aromatic carbocycles. The third-order valence-corrected chi connectivity index (χ3v) is 2.90. The highest BCUT2D eigenvalue weighted by Crippen LogP contribution is 2.27. The smallest absolute Gasteiger partial charge is 0.0248 e. The van der Waals surface area contributed by atoms with E-state index in [1.54, 1.807) is 6.20 Å². The van der Waals surface area contributed by atoms with Crippen LogP contribution in [0.15, 0.2) is 24.4 Å². The van der Waals surface area contributed by atoms with Gasteiger partial charge in [0.2, 0.25) is 0 Å². The Hall–Kier alpha value is -1.68. The summed E-state index contributed by atoms with van der Waals surface area (Å²) in [4.78, 5) is 0. The Bertz CT molecular complexity index is 482. The van der Waals surface area contributed by atoms with Gasteiger partial charge in [0.15, 0.2) is 0 Å². The van der Waals surface area contributed by atoms with Crippen LogP contribution in [0.25, 0.3) is 5.57 Å². The van der Waals surface area contributed by atoms with Crippen molar-refractivity contribution in [3.63, 3.8) is 0 Å². The maximum atomic E-state index is 5.53. The van der Waals surface area contributed by atoms with E-state index < -0.39 is 0 Å². The first-order valence-corrected chi connectivity index (χ1v) is 5.72. The molecule has 1 aromatic rings. The van der Waals surface area contributed by atoms with Crippen molar-refractivity contribution in [2.75, 3.05) is 0 Å². The summed E-state index contributed by atoms with van der Waals surface area (Å²) in [6.45, 7) is 4.13. The molecule has 82 valence electrons. The number of hydrogen-bond acceptors (Lipinski definition) is 1. The van der Waals surface area contributed by atoms with Gasteiger partial charge in [-0.15, -0.1) is 0 Å². The van der Waals surface area contributed by atoms with E-state index in [-0.39, 0.29) is 0 Å². The van der Waals surface area contributed by atoms with E-state index in [0.717, 1.165) is 11.1 Å². The van der Waals surface area contributed by atoms with Gasteiger partial charge >= 0.3 is 0 Å². The molecule has 1 nitrogen and oxygen atoms in total. The second kappa shape index (κ2) is 4.45. The molecule has 0 saturated heterocycles. The molecule has 1 saturated carbocycles. The summed E-state index contributed by atoms with van der Waals surface area (Å²) < 4.78 is 0. The Morgan fingerprint density at radius 1 is 1.44 bits per heavy atom. The summed E-state index contributed by atoms with van der Waals surface area (Å²) in [6, 6.07) is 6.31. The van der Waals surface area contributed by atoms with Gasteiger partial charge in [0.1, 0.15) is 0 Å². The molecule has 0 spiro atoms.